The van der Waals surface area contributed by atoms with Crippen LogP contribution in [0.25, 0.3) is 0 Å². The van der Waals surface area contributed by atoms with Gasteiger partial charge >= 0.3 is 0 Å². The summed E-state index contributed by atoms with van der Waals surface area (Å²) in [5.74, 6) is 1.18. The fourth-order valence-electron chi connectivity index (χ4n) is 1.87. The molecule has 2 aromatic rings. The average molecular weight is 273 g/mol. The highest BCUT2D eigenvalue weighted by Crippen LogP contribution is 2.22. The van der Waals surface area contributed by atoms with E-state index in [1.54, 1.807) is 26.2 Å². The second kappa shape index (κ2) is 6.01. The van der Waals surface area contributed by atoms with Gasteiger partial charge in [0.1, 0.15) is 5.82 Å². The number of nitro benzene ring substituents is 1. The molecule has 0 unspecified atom stereocenters. The van der Waals surface area contributed by atoms with Crippen molar-refractivity contribution in [2.75, 3.05) is 12.4 Å². The highest BCUT2D eigenvalue weighted by atomic mass is 16.6. The van der Waals surface area contributed by atoms with E-state index in [0.717, 1.165) is 5.56 Å². The van der Waals surface area contributed by atoms with Crippen LogP contribution >= 0.6 is 0 Å². The molecule has 6 heteroatoms. The van der Waals surface area contributed by atoms with Gasteiger partial charge in [-0.3, -0.25) is 10.1 Å². The van der Waals surface area contributed by atoms with E-state index in [1.165, 1.54) is 6.07 Å². The smallest absolute Gasteiger partial charge is 0.272 e. The molecule has 0 radical (unpaired) electrons. The van der Waals surface area contributed by atoms with Crippen LogP contribution in [0.2, 0.25) is 0 Å². The SMILES string of the molecule is COc1cccc(NCc2cccc([N+](=O)[O-])c2C)n1. The molecule has 0 atom stereocenters. The Morgan fingerprint density at radius 2 is 2.05 bits per heavy atom. The number of rotatable bonds is 5. The van der Waals surface area contributed by atoms with Crippen LogP contribution in [0.3, 0.4) is 0 Å². The van der Waals surface area contributed by atoms with Gasteiger partial charge in [0.05, 0.1) is 12.0 Å². The van der Waals surface area contributed by atoms with E-state index < -0.39 is 0 Å². The van der Waals surface area contributed by atoms with Gasteiger partial charge in [0.2, 0.25) is 5.88 Å². The molecule has 0 aliphatic carbocycles. The zero-order valence-corrected chi connectivity index (χ0v) is 11.3. The van der Waals surface area contributed by atoms with Gasteiger partial charge in [-0.2, -0.15) is 4.98 Å². The molecule has 20 heavy (non-hydrogen) atoms. The summed E-state index contributed by atoms with van der Waals surface area (Å²) < 4.78 is 5.04. The third-order valence-corrected chi connectivity index (χ3v) is 3.01. The molecule has 1 aromatic heterocycles. The van der Waals surface area contributed by atoms with Gasteiger partial charge in [-0.05, 0) is 18.6 Å². The number of nitro groups is 1. The van der Waals surface area contributed by atoms with Gasteiger partial charge in [-0.15, -0.1) is 0 Å². The average Bonchev–Trinajstić information content (AvgIpc) is 2.46. The van der Waals surface area contributed by atoms with Crippen LogP contribution in [0.4, 0.5) is 11.5 Å². The van der Waals surface area contributed by atoms with E-state index >= 15 is 0 Å². The summed E-state index contributed by atoms with van der Waals surface area (Å²) in [6.45, 7) is 2.21. The summed E-state index contributed by atoms with van der Waals surface area (Å²) >= 11 is 0. The molecule has 0 amide bonds. The molecule has 104 valence electrons. The molecule has 0 aliphatic heterocycles. The summed E-state index contributed by atoms with van der Waals surface area (Å²) in [5, 5.41) is 14.0. The topological polar surface area (TPSA) is 77.3 Å². The maximum atomic E-state index is 10.9. The summed E-state index contributed by atoms with van der Waals surface area (Å²) in [5.41, 5.74) is 1.65. The van der Waals surface area contributed by atoms with Crippen LogP contribution in [0.15, 0.2) is 36.4 Å². The Morgan fingerprint density at radius 1 is 1.30 bits per heavy atom. The predicted octanol–water partition coefficient (Wildman–Crippen LogP) is 2.92. The monoisotopic (exact) mass is 273 g/mol. The summed E-state index contributed by atoms with van der Waals surface area (Å²) in [4.78, 5) is 14.7. The Hall–Kier alpha value is -2.63. The van der Waals surface area contributed by atoms with Crippen molar-refractivity contribution in [3.8, 4) is 5.88 Å². The lowest BCUT2D eigenvalue weighted by atomic mass is 10.1. The van der Waals surface area contributed by atoms with Gasteiger partial charge < -0.3 is 10.1 Å². The molecule has 1 aromatic carbocycles. The number of nitrogens with one attached hydrogen (secondary N) is 1. The van der Waals surface area contributed by atoms with Crippen LogP contribution in [0.1, 0.15) is 11.1 Å². The first kappa shape index (κ1) is 13.8. The lowest BCUT2D eigenvalue weighted by molar-refractivity contribution is -0.385. The van der Waals surface area contributed by atoms with Gasteiger partial charge in [0.15, 0.2) is 0 Å². The minimum atomic E-state index is -0.372. The van der Waals surface area contributed by atoms with E-state index in [0.29, 0.717) is 23.8 Å². The highest BCUT2D eigenvalue weighted by Gasteiger charge is 2.12. The molecule has 0 fully saturated rings. The fourth-order valence-corrected chi connectivity index (χ4v) is 1.87. The largest absolute Gasteiger partial charge is 0.481 e. The normalized spacial score (nSPS) is 10.1. The zero-order chi connectivity index (χ0) is 14.5. The van der Waals surface area contributed by atoms with E-state index in [4.69, 9.17) is 4.74 Å². The summed E-state index contributed by atoms with van der Waals surface area (Å²) in [6, 6.07) is 10.4. The third-order valence-electron chi connectivity index (χ3n) is 3.01. The highest BCUT2D eigenvalue weighted by molar-refractivity contribution is 5.46. The molecule has 0 saturated carbocycles. The predicted molar refractivity (Wildman–Crippen MR) is 75.9 cm³/mol. The van der Waals surface area contributed by atoms with Crippen LogP contribution in [0, 0.1) is 17.0 Å². The lowest BCUT2D eigenvalue weighted by Crippen LogP contribution is -2.04. The van der Waals surface area contributed by atoms with Crippen molar-refractivity contribution < 1.29 is 9.66 Å². The maximum absolute atomic E-state index is 10.9. The number of methoxy groups -OCH3 is 1. The standard InChI is InChI=1S/C14H15N3O3/c1-10-11(5-3-6-12(10)17(18)19)9-15-13-7-4-8-14(16-13)20-2/h3-8H,9H2,1-2H3,(H,15,16). The molecular weight excluding hydrogens is 258 g/mol. The van der Waals surface area contributed by atoms with Crippen molar-refractivity contribution in [1.82, 2.24) is 4.98 Å². The number of pyridine rings is 1. The molecule has 0 saturated heterocycles. The Morgan fingerprint density at radius 3 is 2.75 bits per heavy atom. The second-order valence-corrected chi connectivity index (χ2v) is 4.24. The van der Waals surface area contributed by atoms with Crippen molar-refractivity contribution >= 4 is 11.5 Å². The number of aromatic nitrogens is 1. The van der Waals surface area contributed by atoms with Crippen LogP contribution in [0.5, 0.6) is 5.88 Å². The van der Waals surface area contributed by atoms with Crippen molar-refractivity contribution in [3.63, 3.8) is 0 Å². The van der Waals surface area contributed by atoms with E-state index in [-0.39, 0.29) is 10.6 Å². The van der Waals surface area contributed by atoms with Gasteiger partial charge in [0, 0.05) is 24.2 Å². The Bertz CT molecular complexity index is 629. The summed E-state index contributed by atoms with van der Waals surface area (Å²) in [7, 11) is 1.55. The molecule has 0 spiro atoms. The minimum absolute atomic E-state index is 0.128. The van der Waals surface area contributed by atoms with Crippen molar-refractivity contribution in [1.29, 1.82) is 0 Å². The number of ether oxygens (including phenoxy) is 1. The molecule has 1 N–H and O–H groups in total. The van der Waals surface area contributed by atoms with Gasteiger partial charge in [-0.25, -0.2) is 0 Å². The zero-order valence-electron chi connectivity index (χ0n) is 11.3. The number of hydrogen-bond donors (Lipinski definition) is 1. The quantitative estimate of drug-likeness (QED) is 0.669. The molecule has 0 bridgehead atoms. The first-order chi connectivity index (χ1) is 9.61. The molecule has 1 heterocycles. The first-order valence-corrected chi connectivity index (χ1v) is 6.09. The fraction of sp³-hybridized carbons (Fsp3) is 0.214. The Kier molecular flexibility index (Phi) is 4.14. The lowest BCUT2D eigenvalue weighted by Gasteiger charge is -2.09. The van der Waals surface area contributed by atoms with E-state index in [2.05, 4.69) is 10.3 Å². The van der Waals surface area contributed by atoms with Crippen LogP contribution in [-0.2, 0) is 6.54 Å². The second-order valence-electron chi connectivity index (χ2n) is 4.24. The van der Waals surface area contributed by atoms with Crippen molar-refractivity contribution in [2.24, 2.45) is 0 Å². The molecular formula is C14H15N3O3. The number of benzene rings is 1. The van der Waals surface area contributed by atoms with Gasteiger partial charge in [-0.1, -0.05) is 18.2 Å². The first-order valence-electron chi connectivity index (χ1n) is 6.09. The maximum Gasteiger partial charge on any atom is 0.272 e. The number of hydrogen-bond acceptors (Lipinski definition) is 5. The summed E-state index contributed by atoms with van der Waals surface area (Å²) in [6.07, 6.45) is 0. The van der Waals surface area contributed by atoms with Crippen molar-refractivity contribution in [2.45, 2.75) is 13.5 Å². The van der Waals surface area contributed by atoms with Crippen molar-refractivity contribution in [3.05, 3.63) is 57.6 Å². The Labute approximate surface area is 116 Å². The van der Waals surface area contributed by atoms with Crippen LogP contribution in [-0.4, -0.2) is 17.0 Å². The van der Waals surface area contributed by atoms with Crippen LogP contribution < -0.4 is 10.1 Å². The Balaban J connectivity index is 2.14. The van der Waals surface area contributed by atoms with E-state index in [9.17, 15) is 10.1 Å². The third kappa shape index (κ3) is 3.03. The molecule has 2 rings (SSSR count). The van der Waals surface area contributed by atoms with Gasteiger partial charge in [0.25, 0.3) is 5.69 Å². The minimum Gasteiger partial charge on any atom is -0.481 e. The molecule has 0 aliphatic rings. The molecule has 6 nitrogen and oxygen atoms in total. The number of anilines is 1. The number of nitrogens with zero attached hydrogens (tertiary/aromatic N) is 2. The van der Waals surface area contributed by atoms with E-state index in [1.807, 2.05) is 18.2 Å².